The lowest BCUT2D eigenvalue weighted by Crippen LogP contribution is -2.22. The van der Waals surface area contributed by atoms with Crippen molar-refractivity contribution in [3.8, 4) is 5.75 Å². The summed E-state index contributed by atoms with van der Waals surface area (Å²) in [6.45, 7) is 7.73. The molecule has 0 aliphatic rings. The Morgan fingerprint density at radius 2 is 1.92 bits per heavy atom. The summed E-state index contributed by atoms with van der Waals surface area (Å²) in [6, 6.07) is 8.44. The molecule has 0 amide bonds. The van der Waals surface area contributed by atoms with E-state index in [1.165, 1.54) is 11.8 Å². The summed E-state index contributed by atoms with van der Waals surface area (Å²) < 4.78 is 18.6. The lowest BCUT2D eigenvalue weighted by molar-refractivity contribution is 0.0512. The number of carbonyl (C=O) groups is 1. The zero-order valence-electron chi connectivity index (χ0n) is 15.5. The second-order valence-corrected chi connectivity index (χ2v) is 13.5. The molecule has 0 fully saturated rings. The Labute approximate surface area is 162 Å². The van der Waals surface area contributed by atoms with Crippen LogP contribution in [-0.2, 0) is 22.8 Å². The first-order chi connectivity index (χ1) is 12.3. The second kappa shape index (κ2) is 9.29. The minimum atomic E-state index is -1.17. The lowest BCUT2D eigenvalue weighted by Gasteiger charge is -2.15. The van der Waals surface area contributed by atoms with Gasteiger partial charge in [-0.1, -0.05) is 40.8 Å². The van der Waals surface area contributed by atoms with E-state index in [1.807, 2.05) is 24.3 Å². The van der Waals surface area contributed by atoms with Gasteiger partial charge in [0.15, 0.2) is 5.69 Å². The standard InChI is InChI=1S/C17H24BrN3O4Si/c1-23-17(22)16-15(11-25-14-7-5-13(18)6-8-14)19-20-21(16)12-24-9-10-26(2,3)4/h5-8H,9-12H2,1-4H3. The van der Waals surface area contributed by atoms with Crippen LogP contribution < -0.4 is 4.74 Å². The van der Waals surface area contributed by atoms with Gasteiger partial charge in [0.05, 0.1) is 7.11 Å². The highest BCUT2D eigenvalue weighted by molar-refractivity contribution is 9.10. The number of ether oxygens (including phenoxy) is 3. The van der Waals surface area contributed by atoms with Gasteiger partial charge in [0.2, 0.25) is 0 Å². The van der Waals surface area contributed by atoms with Gasteiger partial charge in [0.25, 0.3) is 0 Å². The SMILES string of the molecule is COC(=O)c1c(COc2ccc(Br)cc2)nnn1COCC[Si](C)(C)C. The molecule has 7 nitrogen and oxygen atoms in total. The molecule has 1 heterocycles. The number of hydrogen-bond acceptors (Lipinski definition) is 6. The molecule has 2 rings (SSSR count). The fourth-order valence-corrected chi connectivity index (χ4v) is 3.09. The molecule has 9 heteroatoms. The van der Waals surface area contributed by atoms with Gasteiger partial charge >= 0.3 is 5.97 Å². The summed E-state index contributed by atoms with van der Waals surface area (Å²) in [5, 5.41) is 8.06. The van der Waals surface area contributed by atoms with Crippen LogP contribution in [0.15, 0.2) is 28.7 Å². The molecular formula is C17H24BrN3O4Si. The van der Waals surface area contributed by atoms with Gasteiger partial charge in [-0.05, 0) is 30.3 Å². The molecule has 0 aliphatic carbocycles. The second-order valence-electron chi connectivity index (χ2n) is 6.97. The third kappa shape index (κ3) is 6.22. The summed E-state index contributed by atoms with van der Waals surface area (Å²) in [4.78, 5) is 12.1. The Bertz CT molecular complexity index is 729. The average Bonchev–Trinajstić information content (AvgIpc) is 2.99. The van der Waals surface area contributed by atoms with Gasteiger partial charge in [0, 0.05) is 19.2 Å². The molecule has 26 heavy (non-hydrogen) atoms. The van der Waals surface area contributed by atoms with Crippen LogP contribution in [-0.4, -0.2) is 42.8 Å². The molecule has 0 N–H and O–H groups in total. The quantitative estimate of drug-likeness (QED) is 0.335. The molecule has 142 valence electrons. The van der Waals surface area contributed by atoms with E-state index < -0.39 is 14.0 Å². The molecule has 0 aliphatic heterocycles. The molecule has 0 bridgehead atoms. The summed E-state index contributed by atoms with van der Waals surface area (Å²) in [5.74, 6) is 0.156. The smallest absolute Gasteiger partial charge is 0.358 e. The van der Waals surface area contributed by atoms with Crippen LogP contribution in [0.3, 0.4) is 0 Å². The lowest BCUT2D eigenvalue weighted by atomic mass is 10.3. The van der Waals surface area contributed by atoms with E-state index in [4.69, 9.17) is 14.2 Å². The molecule has 1 aromatic carbocycles. The van der Waals surface area contributed by atoms with Crippen molar-refractivity contribution in [1.82, 2.24) is 15.0 Å². The maximum absolute atomic E-state index is 12.1. The van der Waals surface area contributed by atoms with Crippen molar-refractivity contribution in [1.29, 1.82) is 0 Å². The van der Waals surface area contributed by atoms with Crippen LogP contribution in [0.4, 0.5) is 0 Å². The van der Waals surface area contributed by atoms with E-state index in [0.717, 1.165) is 10.5 Å². The Morgan fingerprint density at radius 3 is 2.54 bits per heavy atom. The fourth-order valence-electron chi connectivity index (χ4n) is 2.07. The number of benzene rings is 1. The highest BCUT2D eigenvalue weighted by Crippen LogP contribution is 2.18. The van der Waals surface area contributed by atoms with Crippen molar-refractivity contribution in [3.63, 3.8) is 0 Å². The van der Waals surface area contributed by atoms with E-state index in [9.17, 15) is 4.79 Å². The van der Waals surface area contributed by atoms with E-state index in [-0.39, 0.29) is 19.0 Å². The first-order valence-corrected chi connectivity index (χ1v) is 12.8. The number of methoxy groups -OCH3 is 1. The maximum Gasteiger partial charge on any atom is 0.358 e. The topological polar surface area (TPSA) is 75.5 Å². The molecule has 1 aromatic heterocycles. The number of hydrogen-bond donors (Lipinski definition) is 0. The van der Waals surface area contributed by atoms with Crippen molar-refractivity contribution in [3.05, 3.63) is 40.1 Å². The molecule has 0 unspecified atom stereocenters. The molecule has 2 aromatic rings. The van der Waals surface area contributed by atoms with E-state index in [2.05, 4.69) is 45.9 Å². The van der Waals surface area contributed by atoms with Gasteiger partial charge in [-0.25, -0.2) is 9.48 Å². The third-order valence-electron chi connectivity index (χ3n) is 3.58. The van der Waals surface area contributed by atoms with Gasteiger partial charge < -0.3 is 14.2 Å². The largest absolute Gasteiger partial charge is 0.487 e. The number of aromatic nitrogens is 3. The number of nitrogens with zero attached hydrogens (tertiary/aromatic N) is 3. The zero-order valence-corrected chi connectivity index (χ0v) is 18.1. The van der Waals surface area contributed by atoms with E-state index in [1.54, 1.807) is 0 Å². The highest BCUT2D eigenvalue weighted by Gasteiger charge is 2.22. The minimum Gasteiger partial charge on any atom is -0.487 e. The van der Waals surface area contributed by atoms with Crippen molar-refractivity contribution in [2.75, 3.05) is 13.7 Å². The average molecular weight is 442 g/mol. The number of carbonyl (C=O) groups excluding carboxylic acids is 1. The fraction of sp³-hybridized carbons (Fsp3) is 0.471. The zero-order chi connectivity index (χ0) is 19.2. The van der Waals surface area contributed by atoms with Crippen LogP contribution in [0.5, 0.6) is 5.75 Å². The van der Waals surface area contributed by atoms with Crippen LogP contribution >= 0.6 is 15.9 Å². The van der Waals surface area contributed by atoms with Crippen molar-refractivity contribution in [2.45, 2.75) is 39.0 Å². The van der Waals surface area contributed by atoms with Gasteiger partial charge in [-0.2, -0.15) is 0 Å². The molecule has 0 saturated carbocycles. The highest BCUT2D eigenvalue weighted by atomic mass is 79.9. The van der Waals surface area contributed by atoms with Crippen LogP contribution in [0.1, 0.15) is 16.2 Å². The predicted octanol–water partition coefficient (Wildman–Crippen LogP) is 3.72. The summed E-state index contributed by atoms with van der Waals surface area (Å²) >= 11 is 3.37. The first kappa shape index (κ1) is 20.6. The predicted molar refractivity (Wildman–Crippen MR) is 104 cm³/mol. The van der Waals surface area contributed by atoms with Gasteiger partial charge in [-0.15, -0.1) is 5.10 Å². The van der Waals surface area contributed by atoms with Crippen molar-refractivity contribution < 1.29 is 19.0 Å². The Balaban J connectivity index is 2.03. The summed E-state index contributed by atoms with van der Waals surface area (Å²) in [7, 11) is 0.152. The van der Waals surface area contributed by atoms with Gasteiger partial charge in [-0.3, -0.25) is 0 Å². The first-order valence-electron chi connectivity index (χ1n) is 8.27. The minimum absolute atomic E-state index is 0.112. The van der Waals surface area contributed by atoms with Crippen LogP contribution in [0.25, 0.3) is 0 Å². The number of halogens is 1. The number of rotatable bonds is 9. The van der Waals surface area contributed by atoms with Gasteiger partial charge in [0.1, 0.15) is 24.8 Å². The Kier molecular flexibility index (Phi) is 7.36. The molecule has 0 radical (unpaired) electrons. The van der Waals surface area contributed by atoms with Crippen LogP contribution in [0.2, 0.25) is 25.7 Å². The molecule has 0 saturated heterocycles. The maximum atomic E-state index is 12.1. The Hall–Kier alpha value is -1.71. The number of esters is 1. The van der Waals surface area contributed by atoms with E-state index in [0.29, 0.717) is 18.1 Å². The summed E-state index contributed by atoms with van der Waals surface area (Å²) in [6.07, 6.45) is 0. The molecule has 0 spiro atoms. The molecule has 0 atom stereocenters. The monoisotopic (exact) mass is 441 g/mol. The molecular weight excluding hydrogens is 418 g/mol. The third-order valence-corrected chi connectivity index (χ3v) is 5.82. The summed E-state index contributed by atoms with van der Waals surface area (Å²) in [5.41, 5.74) is 0.659. The van der Waals surface area contributed by atoms with E-state index >= 15 is 0 Å². The van der Waals surface area contributed by atoms with Crippen molar-refractivity contribution >= 4 is 30.0 Å². The Morgan fingerprint density at radius 1 is 1.23 bits per heavy atom. The normalized spacial score (nSPS) is 11.4. The van der Waals surface area contributed by atoms with Crippen molar-refractivity contribution in [2.24, 2.45) is 0 Å². The van der Waals surface area contributed by atoms with Crippen LogP contribution in [0, 0.1) is 0 Å².